The molecule has 8 heteroatoms. The molecule has 0 spiro atoms. The highest BCUT2D eigenvalue weighted by Gasteiger charge is 2.22. The summed E-state index contributed by atoms with van der Waals surface area (Å²) in [7, 11) is -2.37. The first kappa shape index (κ1) is 16.7. The number of benzene rings is 1. The summed E-state index contributed by atoms with van der Waals surface area (Å²) in [6, 6.07) is 2.87. The lowest BCUT2D eigenvalue weighted by Gasteiger charge is -2.13. The number of nitrogens with one attached hydrogen (secondary N) is 1. The summed E-state index contributed by atoms with van der Waals surface area (Å²) in [6.45, 7) is 1.72. The Labute approximate surface area is 126 Å². The van der Waals surface area contributed by atoms with Crippen LogP contribution in [0.15, 0.2) is 21.5 Å². The molecule has 0 aliphatic carbocycles. The van der Waals surface area contributed by atoms with E-state index in [9.17, 15) is 8.42 Å². The molecule has 0 fully saturated rings. The van der Waals surface area contributed by atoms with Crippen LogP contribution in [0.25, 0.3) is 0 Å². The monoisotopic (exact) mass is 371 g/mol. The summed E-state index contributed by atoms with van der Waals surface area (Å²) < 4.78 is 32.2. The van der Waals surface area contributed by atoms with Crippen molar-refractivity contribution >= 4 is 37.6 Å². The number of ether oxygens (including phenoxy) is 1. The van der Waals surface area contributed by atoms with Crippen molar-refractivity contribution in [3.05, 3.63) is 21.6 Å². The van der Waals surface area contributed by atoms with Crippen LogP contribution in [-0.2, 0) is 10.0 Å². The van der Waals surface area contributed by atoms with E-state index in [-0.39, 0.29) is 22.2 Å². The van der Waals surface area contributed by atoms with Crippen molar-refractivity contribution in [3.8, 4) is 5.75 Å². The Bertz CT molecular complexity index is 548. The normalized spacial score (nSPS) is 13.3. The zero-order chi connectivity index (χ0) is 14.6. The summed E-state index contributed by atoms with van der Waals surface area (Å²) in [5, 5.41) is 9.40. The molecule has 0 radical (unpaired) electrons. The van der Waals surface area contributed by atoms with Crippen LogP contribution in [0.5, 0.6) is 5.75 Å². The summed E-state index contributed by atoms with van der Waals surface area (Å²) in [5.74, 6) is 0.189. The predicted octanol–water partition coefficient (Wildman–Crippen LogP) is 2.16. The lowest BCUT2D eigenvalue weighted by Crippen LogP contribution is -2.27. The molecule has 0 amide bonds. The molecule has 0 heterocycles. The highest BCUT2D eigenvalue weighted by Crippen LogP contribution is 2.35. The van der Waals surface area contributed by atoms with Crippen LogP contribution < -0.4 is 9.46 Å². The SMILES string of the molecule is COc1c(Br)cc(Cl)cc1S(=O)(=O)NCCC(C)O. The smallest absolute Gasteiger partial charge is 0.244 e. The van der Waals surface area contributed by atoms with E-state index in [1.165, 1.54) is 13.2 Å². The average Bonchev–Trinajstić information content (AvgIpc) is 2.27. The van der Waals surface area contributed by atoms with Gasteiger partial charge < -0.3 is 9.84 Å². The molecule has 0 aliphatic heterocycles. The summed E-state index contributed by atoms with van der Waals surface area (Å²) in [6.07, 6.45) is -0.251. The molecule has 1 atom stereocenters. The molecule has 0 aromatic heterocycles. The number of sulfonamides is 1. The Kier molecular flexibility index (Phi) is 6.07. The fourth-order valence-corrected chi connectivity index (χ4v) is 3.84. The van der Waals surface area contributed by atoms with Crippen LogP contribution >= 0.6 is 27.5 Å². The molecule has 1 aromatic carbocycles. The van der Waals surface area contributed by atoms with Crippen molar-refractivity contribution in [2.24, 2.45) is 0 Å². The van der Waals surface area contributed by atoms with Crippen molar-refractivity contribution in [1.82, 2.24) is 4.72 Å². The summed E-state index contributed by atoms with van der Waals surface area (Å²) in [4.78, 5) is -0.0417. The maximum absolute atomic E-state index is 12.1. The van der Waals surface area contributed by atoms with Gasteiger partial charge in [0, 0.05) is 11.6 Å². The van der Waals surface area contributed by atoms with Crippen LogP contribution in [0.1, 0.15) is 13.3 Å². The van der Waals surface area contributed by atoms with E-state index >= 15 is 0 Å². The average molecular weight is 373 g/mol. The van der Waals surface area contributed by atoms with Gasteiger partial charge in [-0.1, -0.05) is 11.6 Å². The molecule has 1 unspecified atom stereocenters. The van der Waals surface area contributed by atoms with Crippen molar-refractivity contribution in [1.29, 1.82) is 0 Å². The third-order valence-corrected chi connectivity index (χ3v) is 4.60. The van der Waals surface area contributed by atoms with Crippen LogP contribution in [0, 0.1) is 0 Å². The lowest BCUT2D eigenvalue weighted by molar-refractivity contribution is 0.186. The molecular formula is C11H15BrClNO4S. The minimum Gasteiger partial charge on any atom is -0.494 e. The highest BCUT2D eigenvalue weighted by molar-refractivity contribution is 9.10. The molecule has 108 valence electrons. The van der Waals surface area contributed by atoms with Gasteiger partial charge in [-0.2, -0.15) is 0 Å². The lowest BCUT2D eigenvalue weighted by atomic mass is 10.3. The van der Waals surface area contributed by atoms with E-state index in [2.05, 4.69) is 20.7 Å². The maximum atomic E-state index is 12.1. The van der Waals surface area contributed by atoms with E-state index in [0.717, 1.165) is 0 Å². The minimum atomic E-state index is -3.74. The predicted molar refractivity (Wildman–Crippen MR) is 77.2 cm³/mol. The molecule has 1 rings (SSSR count). The van der Waals surface area contributed by atoms with E-state index < -0.39 is 16.1 Å². The van der Waals surface area contributed by atoms with Crippen molar-refractivity contribution < 1.29 is 18.3 Å². The van der Waals surface area contributed by atoms with Gasteiger partial charge in [-0.25, -0.2) is 13.1 Å². The molecule has 0 bridgehead atoms. The maximum Gasteiger partial charge on any atom is 0.244 e. The largest absolute Gasteiger partial charge is 0.494 e. The van der Waals surface area contributed by atoms with E-state index in [1.54, 1.807) is 13.0 Å². The second kappa shape index (κ2) is 6.90. The number of hydrogen-bond donors (Lipinski definition) is 2. The third-order valence-electron chi connectivity index (χ3n) is 2.32. The summed E-state index contributed by atoms with van der Waals surface area (Å²) in [5.41, 5.74) is 0. The van der Waals surface area contributed by atoms with Gasteiger partial charge in [-0.05, 0) is 41.4 Å². The number of rotatable bonds is 6. The Morgan fingerprint density at radius 1 is 1.53 bits per heavy atom. The van der Waals surface area contributed by atoms with Gasteiger partial charge in [-0.3, -0.25) is 0 Å². The first-order chi connectivity index (χ1) is 8.77. The minimum absolute atomic E-state index is 0.0417. The number of methoxy groups -OCH3 is 1. The second-order valence-corrected chi connectivity index (χ2v) is 6.98. The fraction of sp³-hybridized carbons (Fsp3) is 0.455. The van der Waals surface area contributed by atoms with Gasteiger partial charge in [0.2, 0.25) is 10.0 Å². The number of aliphatic hydroxyl groups is 1. The Hall–Kier alpha value is -0.340. The standard InChI is InChI=1S/C11H15BrClNO4S/c1-7(15)3-4-14-19(16,17)10-6-8(13)5-9(12)11(10)18-2/h5-7,14-15H,3-4H2,1-2H3. The Balaban J connectivity index is 3.07. The van der Waals surface area contributed by atoms with Crippen LogP contribution in [0.2, 0.25) is 5.02 Å². The molecule has 1 aromatic rings. The number of hydrogen-bond acceptors (Lipinski definition) is 4. The van der Waals surface area contributed by atoms with Crippen LogP contribution in [0.3, 0.4) is 0 Å². The zero-order valence-corrected chi connectivity index (χ0v) is 13.6. The molecule has 5 nitrogen and oxygen atoms in total. The topological polar surface area (TPSA) is 75.6 Å². The van der Waals surface area contributed by atoms with Gasteiger partial charge in [0.1, 0.15) is 4.90 Å². The molecular weight excluding hydrogens is 358 g/mol. The first-order valence-electron chi connectivity index (χ1n) is 5.48. The fourth-order valence-electron chi connectivity index (χ4n) is 1.41. The van der Waals surface area contributed by atoms with Crippen molar-refractivity contribution in [2.75, 3.05) is 13.7 Å². The molecule has 0 saturated heterocycles. The molecule has 0 saturated carbocycles. The zero-order valence-electron chi connectivity index (χ0n) is 10.5. The van der Waals surface area contributed by atoms with Crippen LogP contribution in [0.4, 0.5) is 0 Å². The Morgan fingerprint density at radius 3 is 2.68 bits per heavy atom. The van der Waals surface area contributed by atoms with Crippen molar-refractivity contribution in [2.45, 2.75) is 24.3 Å². The first-order valence-corrected chi connectivity index (χ1v) is 8.14. The molecule has 19 heavy (non-hydrogen) atoms. The second-order valence-electron chi connectivity index (χ2n) is 3.95. The van der Waals surface area contributed by atoms with E-state index in [4.69, 9.17) is 21.4 Å². The van der Waals surface area contributed by atoms with Gasteiger partial charge >= 0.3 is 0 Å². The third kappa shape index (κ3) is 4.61. The van der Waals surface area contributed by atoms with E-state index in [0.29, 0.717) is 10.9 Å². The van der Waals surface area contributed by atoms with Crippen LogP contribution in [-0.4, -0.2) is 33.3 Å². The number of aliphatic hydroxyl groups excluding tert-OH is 1. The van der Waals surface area contributed by atoms with Gasteiger partial charge in [0.25, 0.3) is 0 Å². The summed E-state index contributed by atoms with van der Waals surface area (Å²) >= 11 is 9.05. The quantitative estimate of drug-likeness (QED) is 0.802. The number of halogens is 2. The Morgan fingerprint density at radius 2 is 2.16 bits per heavy atom. The van der Waals surface area contributed by atoms with Crippen molar-refractivity contribution in [3.63, 3.8) is 0 Å². The van der Waals surface area contributed by atoms with Gasteiger partial charge in [0.15, 0.2) is 5.75 Å². The highest BCUT2D eigenvalue weighted by atomic mass is 79.9. The van der Waals surface area contributed by atoms with E-state index in [1.807, 2.05) is 0 Å². The van der Waals surface area contributed by atoms with Gasteiger partial charge in [-0.15, -0.1) is 0 Å². The molecule has 2 N–H and O–H groups in total. The van der Waals surface area contributed by atoms with Gasteiger partial charge in [0.05, 0.1) is 17.7 Å². The molecule has 0 aliphatic rings.